The van der Waals surface area contributed by atoms with Gasteiger partial charge in [0.2, 0.25) is 11.8 Å². The van der Waals surface area contributed by atoms with Crippen molar-refractivity contribution in [3.8, 4) is 0 Å². The van der Waals surface area contributed by atoms with Gasteiger partial charge in [-0.2, -0.15) is 0 Å². The van der Waals surface area contributed by atoms with E-state index in [1.807, 2.05) is 44.2 Å². The highest BCUT2D eigenvalue weighted by atomic mass is 79.9. The Bertz CT molecular complexity index is 1300. The molecule has 1 atom stereocenters. The molecule has 9 heteroatoms. The first kappa shape index (κ1) is 30.4. The Morgan fingerprint density at radius 2 is 1.51 bits per heavy atom. The number of carbonyl (C=O) groups is 2. The van der Waals surface area contributed by atoms with E-state index in [2.05, 4.69) is 21.2 Å². The molecule has 1 N–H and O–H groups in total. The Labute approximate surface area is 240 Å². The number of hydrogen-bond acceptors (Lipinski definition) is 4. The zero-order chi connectivity index (χ0) is 28.3. The molecule has 7 nitrogen and oxygen atoms in total. The van der Waals surface area contributed by atoms with E-state index >= 15 is 0 Å². The molecule has 2 amide bonds. The van der Waals surface area contributed by atoms with Crippen LogP contribution in [0, 0.1) is 0 Å². The number of halogens is 1. The van der Waals surface area contributed by atoms with Gasteiger partial charge in [-0.15, -0.1) is 0 Å². The first-order valence-corrected chi connectivity index (χ1v) is 15.5. The first-order valence-electron chi connectivity index (χ1n) is 13.2. The molecule has 3 rings (SSSR count). The summed E-state index contributed by atoms with van der Waals surface area (Å²) < 4.78 is 29.4. The molecule has 0 radical (unpaired) electrons. The number of benzene rings is 3. The van der Waals surface area contributed by atoms with Gasteiger partial charge in [0.25, 0.3) is 10.0 Å². The van der Waals surface area contributed by atoms with E-state index in [1.165, 1.54) is 17.0 Å². The quantitative estimate of drug-likeness (QED) is 0.246. The number of amides is 2. The molecular formula is C30H36BrN3O4S. The summed E-state index contributed by atoms with van der Waals surface area (Å²) in [4.78, 5) is 28.7. The number of unbranched alkanes of at least 4 members (excludes halogenated alkanes) is 1. The predicted octanol–water partition coefficient (Wildman–Crippen LogP) is 5.41. The number of sulfonamides is 1. The van der Waals surface area contributed by atoms with Crippen molar-refractivity contribution in [2.75, 3.05) is 23.9 Å². The van der Waals surface area contributed by atoms with Crippen molar-refractivity contribution in [1.82, 2.24) is 10.2 Å². The second kappa shape index (κ2) is 14.8. The van der Waals surface area contributed by atoms with Gasteiger partial charge < -0.3 is 10.2 Å². The Hall–Kier alpha value is -3.17. The highest BCUT2D eigenvalue weighted by Crippen LogP contribution is 2.26. The molecule has 0 heterocycles. The smallest absolute Gasteiger partial charge is 0.264 e. The molecule has 0 spiro atoms. The fourth-order valence-corrected chi connectivity index (χ4v) is 5.96. The van der Waals surface area contributed by atoms with Crippen LogP contribution in [0.3, 0.4) is 0 Å². The largest absolute Gasteiger partial charge is 0.354 e. The van der Waals surface area contributed by atoms with Crippen molar-refractivity contribution in [2.24, 2.45) is 0 Å². The molecule has 0 saturated carbocycles. The molecule has 0 unspecified atom stereocenters. The minimum absolute atomic E-state index is 0.0842. The minimum atomic E-state index is -4.06. The van der Waals surface area contributed by atoms with Gasteiger partial charge in [0.1, 0.15) is 12.6 Å². The van der Waals surface area contributed by atoms with Gasteiger partial charge in [-0.3, -0.25) is 13.9 Å². The molecule has 3 aromatic rings. The molecule has 3 aromatic carbocycles. The fraction of sp³-hybridized carbons (Fsp3) is 0.333. The summed E-state index contributed by atoms with van der Waals surface area (Å²) in [6, 6.07) is 23.8. The number of hydrogen-bond donors (Lipinski definition) is 1. The van der Waals surface area contributed by atoms with Crippen molar-refractivity contribution < 1.29 is 18.0 Å². The summed E-state index contributed by atoms with van der Waals surface area (Å²) in [5.41, 5.74) is 1.39. The third kappa shape index (κ3) is 8.41. The summed E-state index contributed by atoms with van der Waals surface area (Å²) in [5, 5.41) is 2.95. The summed E-state index contributed by atoms with van der Waals surface area (Å²) in [6.45, 7) is 4.28. The van der Waals surface area contributed by atoms with E-state index in [-0.39, 0.29) is 17.3 Å². The average molecular weight is 615 g/mol. The Balaban J connectivity index is 1.96. The van der Waals surface area contributed by atoms with Crippen LogP contribution in [0.2, 0.25) is 0 Å². The van der Waals surface area contributed by atoms with Gasteiger partial charge in [-0.1, -0.05) is 84.7 Å². The number of anilines is 1. The normalized spacial score (nSPS) is 12.0. The lowest BCUT2D eigenvalue weighted by Crippen LogP contribution is -2.53. The van der Waals surface area contributed by atoms with Crippen LogP contribution in [0.15, 0.2) is 94.3 Å². The summed E-state index contributed by atoms with van der Waals surface area (Å²) in [7, 11) is -4.06. The van der Waals surface area contributed by atoms with Crippen LogP contribution in [0.5, 0.6) is 0 Å². The number of rotatable bonds is 14. The lowest BCUT2D eigenvalue weighted by Gasteiger charge is -2.33. The molecule has 0 aliphatic heterocycles. The molecular weight excluding hydrogens is 578 g/mol. The van der Waals surface area contributed by atoms with E-state index < -0.39 is 28.5 Å². The lowest BCUT2D eigenvalue weighted by atomic mass is 10.1. The van der Waals surface area contributed by atoms with Crippen molar-refractivity contribution in [2.45, 2.75) is 50.5 Å². The van der Waals surface area contributed by atoms with Gasteiger partial charge >= 0.3 is 0 Å². The Morgan fingerprint density at radius 1 is 0.897 bits per heavy atom. The van der Waals surface area contributed by atoms with E-state index in [1.54, 1.807) is 42.5 Å². The zero-order valence-electron chi connectivity index (χ0n) is 22.4. The standard InChI is InChI=1S/C30H36BrN3O4S/c1-3-5-21-32-30(36)28(4-2)33(22-20-24-12-8-6-9-13-24)29(35)23-34(26-18-16-25(31)17-19-26)39(37,38)27-14-10-7-11-15-27/h6-19,28H,3-5,20-23H2,1-2H3,(H,32,36)/t28-/m1/s1. The summed E-state index contributed by atoms with van der Waals surface area (Å²) in [5.74, 6) is -0.667. The van der Waals surface area contributed by atoms with Crippen LogP contribution >= 0.6 is 15.9 Å². The molecule has 0 fully saturated rings. The van der Waals surface area contributed by atoms with Gasteiger partial charge in [-0.05, 0) is 61.2 Å². The SMILES string of the molecule is CCCCNC(=O)[C@@H](CC)N(CCc1ccccc1)C(=O)CN(c1ccc(Br)cc1)S(=O)(=O)c1ccccc1. The highest BCUT2D eigenvalue weighted by Gasteiger charge is 2.33. The second-order valence-corrected chi connectivity index (χ2v) is 12.0. The van der Waals surface area contributed by atoms with Crippen molar-refractivity contribution in [3.05, 3.63) is 95.0 Å². The lowest BCUT2D eigenvalue weighted by molar-refractivity contribution is -0.139. The van der Waals surface area contributed by atoms with Crippen LogP contribution in [-0.4, -0.2) is 50.8 Å². The van der Waals surface area contributed by atoms with Crippen molar-refractivity contribution >= 4 is 43.5 Å². The minimum Gasteiger partial charge on any atom is -0.354 e. The first-order chi connectivity index (χ1) is 18.8. The maximum absolute atomic E-state index is 14.0. The van der Waals surface area contributed by atoms with Crippen LogP contribution in [0.4, 0.5) is 5.69 Å². The molecule has 0 bridgehead atoms. The number of nitrogens with one attached hydrogen (secondary N) is 1. The van der Waals surface area contributed by atoms with Crippen LogP contribution in [-0.2, 0) is 26.0 Å². The monoisotopic (exact) mass is 613 g/mol. The van der Waals surface area contributed by atoms with Crippen LogP contribution < -0.4 is 9.62 Å². The van der Waals surface area contributed by atoms with Crippen LogP contribution in [0.1, 0.15) is 38.7 Å². The molecule has 0 aliphatic carbocycles. The van der Waals surface area contributed by atoms with Gasteiger partial charge in [0.15, 0.2) is 0 Å². The predicted molar refractivity (Wildman–Crippen MR) is 159 cm³/mol. The van der Waals surface area contributed by atoms with E-state index in [0.29, 0.717) is 25.1 Å². The molecule has 0 saturated heterocycles. The molecule has 39 heavy (non-hydrogen) atoms. The second-order valence-electron chi connectivity index (χ2n) is 9.19. The Morgan fingerprint density at radius 3 is 2.10 bits per heavy atom. The highest BCUT2D eigenvalue weighted by molar-refractivity contribution is 9.10. The maximum Gasteiger partial charge on any atom is 0.264 e. The Kier molecular flexibility index (Phi) is 11.6. The maximum atomic E-state index is 14.0. The average Bonchev–Trinajstić information content (AvgIpc) is 2.95. The van der Waals surface area contributed by atoms with E-state index in [4.69, 9.17) is 0 Å². The van der Waals surface area contributed by atoms with Crippen molar-refractivity contribution in [3.63, 3.8) is 0 Å². The molecule has 0 aliphatic rings. The molecule has 208 valence electrons. The summed E-state index contributed by atoms with van der Waals surface area (Å²) in [6.07, 6.45) is 2.72. The molecule has 0 aromatic heterocycles. The van der Waals surface area contributed by atoms with E-state index in [0.717, 1.165) is 27.2 Å². The third-order valence-corrected chi connectivity index (χ3v) is 8.74. The van der Waals surface area contributed by atoms with Crippen LogP contribution in [0.25, 0.3) is 0 Å². The van der Waals surface area contributed by atoms with Crippen molar-refractivity contribution in [1.29, 1.82) is 0 Å². The topological polar surface area (TPSA) is 86.8 Å². The van der Waals surface area contributed by atoms with Gasteiger partial charge in [0, 0.05) is 17.6 Å². The summed E-state index contributed by atoms with van der Waals surface area (Å²) >= 11 is 3.39. The third-order valence-electron chi connectivity index (χ3n) is 6.42. The number of nitrogens with zero attached hydrogens (tertiary/aromatic N) is 2. The van der Waals surface area contributed by atoms with E-state index in [9.17, 15) is 18.0 Å². The number of carbonyl (C=O) groups excluding carboxylic acids is 2. The zero-order valence-corrected chi connectivity index (χ0v) is 24.8. The fourth-order valence-electron chi connectivity index (χ4n) is 4.26. The van der Waals surface area contributed by atoms with Gasteiger partial charge in [-0.25, -0.2) is 8.42 Å². The van der Waals surface area contributed by atoms with Gasteiger partial charge in [0.05, 0.1) is 10.6 Å².